The third-order valence-corrected chi connectivity index (χ3v) is 5.55. The average molecular weight is 314 g/mol. The first-order chi connectivity index (χ1) is 9.53. The number of tetrazole rings is 1. The Balaban J connectivity index is 2.02. The van der Waals surface area contributed by atoms with Crippen LogP contribution in [0.4, 0.5) is 0 Å². The number of hydrogen-bond acceptors (Lipinski definition) is 7. The van der Waals surface area contributed by atoms with E-state index in [2.05, 4.69) is 15.5 Å². The number of rotatable bonds is 6. The summed E-state index contributed by atoms with van der Waals surface area (Å²) in [5.74, 6) is 0.919. The van der Waals surface area contributed by atoms with Crippen molar-refractivity contribution in [3.63, 3.8) is 0 Å². The molecule has 2 aromatic rings. The second-order valence-corrected chi connectivity index (χ2v) is 7.10. The molecule has 0 aliphatic heterocycles. The van der Waals surface area contributed by atoms with Crippen molar-refractivity contribution in [2.24, 2.45) is 7.05 Å². The molecule has 0 aliphatic carbocycles. The van der Waals surface area contributed by atoms with Crippen LogP contribution in [0, 0.1) is 0 Å². The Kier molecular flexibility index (Phi) is 4.61. The van der Waals surface area contributed by atoms with Crippen LogP contribution in [-0.4, -0.2) is 47.2 Å². The fraction of sp³-hybridized carbons (Fsp3) is 0.364. The van der Waals surface area contributed by atoms with Crippen molar-refractivity contribution in [1.29, 1.82) is 0 Å². The molecule has 0 unspecified atom stereocenters. The molecule has 2 rings (SSSR count). The van der Waals surface area contributed by atoms with Gasteiger partial charge in [-0.1, -0.05) is 17.8 Å². The summed E-state index contributed by atoms with van der Waals surface area (Å²) in [6, 6.07) is 6.45. The molecule has 0 saturated heterocycles. The predicted octanol–water partition coefficient (Wildman–Crippen LogP) is 0.785. The zero-order chi connectivity index (χ0) is 14.6. The lowest BCUT2D eigenvalue weighted by Crippen LogP contribution is -2.09. The van der Waals surface area contributed by atoms with E-state index in [4.69, 9.17) is 4.74 Å². The molecule has 0 saturated carbocycles. The number of aryl methyl sites for hydroxylation is 1. The van der Waals surface area contributed by atoms with Crippen molar-refractivity contribution in [3.05, 3.63) is 24.3 Å². The molecular formula is C11H14N4O3S2. The summed E-state index contributed by atoms with van der Waals surface area (Å²) >= 11 is 1.30. The zero-order valence-electron chi connectivity index (χ0n) is 11.1. The topological polar surface area (TPSA) is 87.0 Å². The number of ether oxygens (including phenoxy) is 1. The summed E-state index contributed by atoms with van der Waals surface area (Å²) < 4.78 is 30.9. The molecule has 0 N–H and O–H groups in total. The van der Waals surface area contributed by atoms with Gasteiger partial charge >= 0.3 is 0 Å². The average Bonchev–Trinajstić information content (AvgIpc) is 2.84. The van der Waals surface area contributed by atoms with Gasteiger partial charge in [-0.3, -0.25) is 0 Å². The minimum atomic E-state index is -3.34. The maximum Gasteiger partial charge on any atom is 0.209 e. The van der Waals surface area contributed by atoms with Gasteiger partial charge in [-0.05, 0) is 28.6 Å². The van der Waals surface area contributed by atoms with Crippen LogP contribution in [0.5, 0.6) is 5.75 Å². The maximum atomic E-state index is 12.2. The Morgan fingerprint density at radius 1 is 1.40 bits per heavy atom. The van der Waals surface area contributed by atoms with Crippen LogP contribution >= 0.6 is 11.8 Å². The van der Waals surface area contributed by atoms with Crippen LogP contribution in [0.25, 0.3) is 0 Å². The molecule has 0 fully saturated rings. The number of nitrogens with zero attached hydrogens (tertiary/aromatic N) is 4. The van der Waals surface area contributed by atoms with E-state index in [1.165, 1.54) is 29.6 Å². The standard InChI is InChI=1S/C11H14N4O3S2/c1-15-11(12-13-14-15)19-6-7-20(16,17)10-5-3-4-9(8-10)18-2/h3-5,8H,6-7H2,1-2H3. The van der Waals surface area contributed by atoms with Crippen molar-refractivity contribution < 1.29 is 13.2 Å². The van der Waals surface area contributed by atoms with E-state index in [1.807, 2.05) is 0 Å². The first-order valence-electron chi connectivity index (χ1n) is 5.75. The van der Waals surface area contributed by atoms with Crippen molar-refractivity contribution >= 4 is 21.6 Å². The Labute approximate surface area is 121 Å². The highest BCUT2D eigenvalue weighted by molar-refractivity contribution is 8.00. The van der Waals surface area contributed by atoms with E-state index in [-0.39, 0.29) is 10.6 Å². The van der Waals surface area contributed by atoms with Gasteiger partial charge in [0.2, 0.25) is 5.16 Å². The quantitative estimate of drug-likeness (QED) is 0.728. The molecule has 0 spiro atoms. The second-order valence-electron chi connectivity index (χ2n) is 3.93. The lowest BCUT2D eigenvalue weighted by atomic mass is 10.3. The van der Waals surface area contributed by atoms with E-state index in [0.29, 0.717) is 16.7 Å². The second kappa shape index (κ2) is 6.23. The molecule has 0 bridgehead atoms. The lowest BCUT2D eigenvalue weighted by Gasteiger charge is -2.06. The number of aromatic nitrogens is 4. The smallest absolute Gasteiger partial charge is 0.209 e. The Morgan fingerprint density at radius 3 is 2.85 bits per heavy atom. The Morgan fingerprint density at radius 2 is 2.20 bits per heavy atom. The van der Waals surface area contributed by atoms with E-state index >= 15 is 0 Å². The van der Waals surface area contributed by atoms with Crippen LogP contribution < -0.4 is 4.74 Å². The predicted molar refractivity (Wildman–Crippen MR) is 74.6 cm³/mol. The monoisotopic (exact) mass is 314 g/mol. The SMILES string of the molecule is COc1cccc(S(=O)(=O)CCSc2nnnn2C)c1. The van der Waals surface area contributed by atoms with Crippen LogP contribution in [0.3, 0.4) is 0 Å². The summed E-state index contributed by atoms with van der Waals surface area (Å²) in [4.78, 5) is 0.258. The van der Waals surface area contributed by atoms with Crippen molar-refractivity contribution in [1.82, 2.24) is 20.2 Å². The minimum Gasteiger partial charge on any atom is -0.497 e. The summed E-state index contributed by atoms with van der Waals surface area (Å²) in [6.45, 7) is 0. The first kappa shape index (κ1) is 14.8. The van der Waals surface area contributed by atoms with Crippen molar-refractivity contribution in [2.75, 3.05) is 18.6 Å². The largest absolute Gasteiger partial charge is 0.497 e. The molecule has 108 valence electrons. The molecule has 1 heterocycles. The molecule has 0 radical (unpaired) electrons. The third kappa shape index (κ3) is 3.48. The maximum absolute atomic E-state index is 12.2. The van der Waals surface area contributed by atoms with E-state index in [0.717, 1.165) is 0 Å². The van der Waals surface area contributed by atoms with Gasteiger partial charge in [-0.15, -0.1) is 5.10 Å². The van der Waals surface area contributed by atoms with Crippen LogP contribution in [0.1, 0.15) is 0 Å². The third-order valence-electron chi connectivity index (χ3n) is 2.56. The normalized spacial score (nSPS) is 11.5. The van der Waals surface area contributed by atoms with Gasteiger partial charge in [0.1, 0.15) is 5.75 Å². The molecule has 1 aromatic heterocycles. The number of hydrogen-bond donors (Lipinski definition) is 0. The number of benzene rings is 1. The molecule has 0 amide bonds. The van der Waals surface area contributed by atoms with Crippen LogP contribution in [-0.2, 0) is 16.9 Å². The number of methoxy groups -OCH3 is 1. The molecule has 0 aliphatic rings. The molecule has 0 atom stereocenters. The molecular weight excluding hydrogens is 300 g/mol. The molecule has 1 aromatic carbocycles. The lowest BCUT2D eigenvalue weighted by molar-refractivity contribution is 0.413. The van der Waals surface area contributed by atoms with E-state index in [9.17, 15) is 8.42 Å². The van der Waals surface area contributed by atoms with Gasteiger partial charge in [-0.2, -0.15) is 0 Å². The number of thioether (sulfide) groups is 1. The van der Waals surface area contributed by atoms with E-state index < -0.39 is 9.84 Å². The van der Waals surface area contributed by atoms with E-state index in [1.54, 1.807) is 25.2 Å². The number of sulfone groups is 1. The Bertz CT molecular complexity index is 684. The fourth-order valence-electron chi connectivity index (χ4n) is 1.50. The Hall–Kier alpha value is -1.61. The summed E-state index contributed by atoms with van der Waals surface area (Å²) in [7, 11) is -0.128. The molecule has 7 nitrogen and oxygen atoms in total. The van der Waals surface area contributed by atoms with Crippen LogP contribution in [0.2, 0.25) is 0 Å². The highest BCUT2D eigenvalue weighted by Gasteiger charge is 2.16. The van der Waals surface area contributed by atoms with Gasteiger partial charge in [0.25, 0.3) is 0 Å². The molecule has 9 heteroatoms. The van der Waals surface area contributed by atoms with Crippen molar-refractivity contribution in [3.8, 4) is 5.75 Å². The fourth-order valence-corrected chi connectivity index (χ4v) is 4.03. The zero-order valence-corrected chi connectivity index (χ0v) is 12.7. The molecule has 20 heavy (non-hydrogen) atoms. The summed E-state index contributed by atoms with van der Waals surface area (Å²) in [6.07, 6.45) is 0. The minimum absolute atomic E-state index is 0.0116. The van der Waals surface area contributed by atoms with Gasteiger partial charge in [0, 0.05) is 12.8 Å². The summed E-state index contributed by atoms with van der Waals surface area (Å²) in [5, 5.41) is 11.5. The van der Waals surface area contributed by atoms with Gasteiger partial charge in [0.05, 0.1) is 17.8 Å². The van der Waals surface area contributed by atoms with Crippen molar-refractivity contribution in [2.45, 2.75) is 10.1 Å². The highest BCUT2D eigenvalue weighted by Crippen LogP contribution is 2.20. The van der Waals surface area contributed by atoms with Gasteiger partial charge < -0.3 is 4.74 Å². The first-order valence-corrected chi connectivity index (χ1v) is 8.38. The van der Waals surface area contributed by atoms with Gasteiger partial charge in [0.15, 0.2) is 9.84 Å². The summed E-state index contributed by atoms with van der Waals surface area (Å²) in [5.41, 5.74) is 0. The van der Waals surface area contributed by atoms with Gasteiger partial charge in [-0.25, -0.2) is 13.1 Å². The van der Waals surface area contributed by atoms with Crippen LogP contribution in [0.15, 0.2) is 34.3 Å². The highest BCUT2D eigenvalue weighted by atomic mass is 32.2.